The van der Waals surface area contributed by atoms with Crippen molar-refractivity contribution < 1.29 is 9.60 Å². The van der Waals surface area contributed by atoms with Crippen molar-refractivity contribution in [3.8, 4) is 0 Å². The zero-order chi connectivity index (χ0) is 14.5. The second-order valence-electron chi connectivity index (χ2n) is 4.13. The summed E-state index contributed by atoms with van der Waals surface area (Å²) in [7, 11) is 0. The molecule has 2 aromatic carbocycles. The van der Waals surface area contributed by atoms with Crippen LogP contribution in [0.3, 0.4) is 0 Å². The number of nitrogens with one attached hydrogen (secondary N) is 1. The minimum absolute atomic E-state index is 0.0432. The van der Waals surface area contributed by atoms with Gasteiger partial charge in [-0.15, -0.1) is 0 Å². The van der Waals surface area contributed by atoms with Crippen molar-refractivity contribution in [2.24, 2.45) is 10.9 Å². The first-order valence-corrected chi connectivity index (χ1v) is 6.24. The van der Waals surface area contributed by atoms with Crippen LogP contribution < -0.4 is 11.1 Å². The van der Waals surface area contributed by atoms with Crippen molar-refractivity contribution in [2.75, 3.05) is 5.32 Å². The summed E-state index contributed by atoms with van der Waals surface area (Å²) in [6, 6.07) is 11.5. The molecule has 2 rings (SSSR count). The van der Waals surface area contributed by atoms with E-state index in [1.165, 1.54) is 6.07 Å². The van der Waals surface area contributed by atoms with Crippen molar-refractivity contribution >= 4 is 23.1 Å². The average Bonchev–Trinajstić information content (AvgIpc) is 2.46. The maximum atomic E-state index is 13.6. The Morgan fingerprint density at radius 2 is 1.95 bits per heavy atom. The van der Waals surface area contributed by atoms with E-state index in [1.807, 2.05) is 0 Å². The van der Waals surface area contributed by atoms with Gasteiger partial charge in [-0.2, -0.15) is 0 Å². The fourth-order valence-corrected chi connectivity index (χ4v) is 1.94. The Hall–Kier alpha value is -2.27. The molecule has 6 heteroatoms. The van der Waals surface area contributed by atoms with Gasteiger partial charge in [0.25, 0.3) is 0 Å². The molecule has 0 radical (unpaired) electrons. The van der Waals surface area contributed by atoms with E-state index in [-0.39, 0.29) is 11.5 Å². The summed E-state index contributed by atoms with van der Waals surface area (Å²) in [6.45, 7) is 0.414. The van der Waals surface area contributed by atoms with Gasteiger partial charge in [0, 0.05) is 12.1 Å². The fourth-order valence-electron chi connectivity index (χ4n) is 1.71. The zero-order valence-electron chi connectivity index (χ0n) is 10.5. The monoisotopic (exact) mass is 293 g/mol. The van der Waals surface area contributed by atoms with Crippen LogP contribution in [-0.2, 0) is 6.54 Å². The lowest BCUT2D eigenvalue weighted by Crippen LogP contribution is -2.13. The zero-order valence-corrected chi connectivity index (χ0v) is 11.2. The molecule has 0 atom stereocenters. The van der Waals surface area contributed by atoms with Crippen LogP contribution >= 0.6 is 11.6 Å². The number of anilines is 1. The van der Waals surface area contributed by atoms with Crippen molar-refractivity contribution in [2.45, 2.75) is 6.54 Å². The second-order valence-corrected chi connectivity index (χ2v) is 4.54. The SMILES string of the molecule is N/C(=N/O)c1ccc(CNc2c(F)cccc2Cl)cc1. The summed E-state index contributed by atoms with van der Waals surface area (Å²) < 4.78 is 13.6. The molecule has 0 aliphatic heterocycles. The lowest BCUT2D eigenvalue weighted by Gasteiger charge is -2.09. The van der Waals surface area contributed by atoms with Crippen LogP contribution in [0.15, 0.2) is 47.6 Å². The molecule has 4 N–H and O–H groups in total. The van der Waals surface area contributed by atoms with Gasteiger partial charge >= 0.3 is 0 Å². The number of benzene rings is 2. The number of nitrogens with two attached hydrogens (primary N) is 1. The predicted molar refractivity (Wildman–Crippen MR) is 77.7 cm³/mol. The summed E-state index contributed by atoms with van der Waals surface area (Å²) >= 11 is 5.92. The number of oxime groups is 1. The Balaban J connectivity index is 2.08. The Bertz CT molecular complexity index is 609. The van der Waals surface area contributed by atoms with Crippen LogP contribution in [0.1, 0.15) is 11.1 Å². The summed E-state index contributed by atoms with van der Waals surface area (Å²) in [4.78, 5) is 0. The van der Waals surface area contributed by atoms with Gasteiger partial charge in [-0.25, -0.2) is 4.39 Å². The van der Waals surface area contributed by atoms with E-state index < -0.39 is 5.82 Å². The van der Waals surface area contributed by atoms with Crippen LogP contribution in [0.4, 0.5) is 10.1 Å². The molecule has 0 heterocycles. The highest BCUT2D eigenvalue weighted by atomic mass is 35.5. The lowest BCUT2D eigenvalue weighted by atomic mass is 10.1. The molecule has 104 valence electrons. The van der Waals surface area contributed by atoms with E-state index in [1.54, 1.807) is 36.4 Å². The second kappa shape index (κ2) is 6.25. The van der Waals surface area contributed by atoms with E-state index in [4.69, 9.17) is 22.5 Å². The Morgan fingerprint density at radius 1 is 1.25 bits per heavy atom. The third-order valence-corrected chi connectivity index (χ3v) is 3.10. The molecule has 0 spiro atoms. The minimum Gasteiger partial charge on any atom is -0.409 e. The highest BCUT2D eigenvalue weighted by Gasteiger charge is 2.06. The highest BCUT2D eigenvalue weighted by Crippen LogP contribution is 2.25. The summed E-state index contributed by atoms with van der Waals surface area (Å²) in [5.74, 6) is -0.354. The van der Waals surface area contributed by atoms with E-state index in [0.717, 1.165) is 5.56 Å². The van der Waals surface area contributed by atoms with Gasteiger partial charge < -0.3 is 16.3 Å². The molecule has 20 heavy (non-hydrogen) atoms. The molecule has 0 aliphatic rings. The molecule has 0 amide bonds. The first kappa shape index (κ1) is 14.1. The molecule has 2 aromatic rings. The third-order valence-electron chi connectivity index (χ3n) is 2.79. The molecule has 4 nitrogen and oxygen atoms in total. The molecule has 0 aromatic heterocycles. The molecule has 0 saturated carbocycles. The van der Waals surface area contributed by atoms with Gasteiger partial charge in [0.1, 0.15) is 5.82 Å². The van der Waals surface area contributed by atoms with Crippen LogP contribution in [0.2, 0.25) is 5.02 Å². The van der Waals surface area contributed by atoms with Crippen molar-refractivity contribution in [3.63, 3.8) is 0 Å². The Labute approximate surface area is 120 Å². The number of rotatable bonds is 4. The van der Waals surface area contributed by atoms with Crippen molar-refractivity contribution in [1.82, 2.24) is 0 Å². The number of halogens is 2. The van der Waals surface area contributed by atoms with Crippen molar-refractivity contribution in [1.29, 1.82) is 0 Å². The summed E-state index contributed by atoms with van der Waals surface area (Å²) in [6.07, 6.45) is 0. The van der Waals surface area contributed by atoms with Gasteiger partial charge in [-0.05, 0) is 17.7 Å². The molecule has 0 aliphatic carbocycles. The highest BCUT2D eigenvalue weighted by molar-refractivity contribution is 6.33. The molecule has 0 unspecified atom stereocenters. The van der Waals surface area contributed by atoms with E-state index in [2.05, 4.69) is 10.5 Å². The maximum Gasteiger partial charge on any atom is 0.170 e. The average molecular weight is 294 g/mol. The van der Waals surface area contributed by atoms with E-state index in [0.29, 0.717) is 17.1 Å². The van der Waals surface area contributed by atoms with E-state index in [9.17, 15) is 4.39 Å². The first-order chi connectivity index (χ1) is 9.61. The summed E-state index contributed by atoms with van der Waals surface area (Å²) in [5, 5.41) is 14.8. The van der Waals surface area contributed by atoms with Crippen LogP contribution in [0, 0.1) is 5.82 Å². The van der Waals surface area contributed by atoms with E-state index >= 15 is 0 Å². The van der Waals surface area contributed by atoms with Gasteiger partial charge in [0.2, 0.25) is 0 Å². The van der Waals surface area contributed by atoms with Gasteiger partial charge in [-0.1, -0.05) is 47.1 Å². The maximum absolute atomic E-state index is 13.6. The number of nitrogens with zero attached hydrogens (tertiary/aromatic N) is 1. The van der Waals surface area contributed by atoms with Gasteiger partial charge in [0.15, 0.2) is 5.84 Å². The third kappa shape index (κ3) is 3.19. The topological polar surface area (TPSA) is 70.6 Å². The number of hydrogen-bond acceptors (Lipinski definition) is 3. The molecule has 0 bridgehead atoms. The number of hydrogen-bond donors (Lipinski definition) is 3. The fraction of sp³-hybridized carbons (Fsp3) is 0.0714. The summed E-state index contributed by atoms with van der Waals surface area (Å²) in [5.41, 5.74) is 7.27. The Morgan fingerprint density at radius 3 is 2.55 bits per heavy atom. The van der Waals surface area contributed by atoms with Crippen LogP contribution in [-0.4, -0.2) is 11.0 Å². The molecule has 0 saturated heterocycles. The molecule has 0 fully saturated rings. The quantitative estimate of drug-likeness (QED) is 0.351. The van der Waals surface area contributed by atoms with Gasteiger partial charge in [-0.3, -0.25) is 0 Å². The smallest absolute Gasteiger partial charge is 0.170 e. The normalized spacial score (nSPS) is 11.4. The lowest BCUT2D eigenvalue weighted by molar-refractivity contribution is 0.318. The van der Waals surface area contributed by atoms with Crippen molar-refractivity contribution in [3.05, 3.63) is 64.4 Å². The molecular weight excluding hydrogens is 281 g/mol. The largest absolute Gasteiger partial charge is 0.409 e. The Kier molecular flexibility index (Phi) is 4.42. The van der Waals surface area contributed by atoms with Crippen LogP contribution in [0.25, 0.3) is 0 Å². The van der Waals surface area contributed by atoms with Gasteiger partial charge in [0.05, 0.1) is 10.7 Å². The molecular formula is C14H13ClFN3O. The number of amidine groups is 1. The first-order valence-electron chi connectivity index (χ1n) is 5.86. The van der Waals surface area contributed by atoms with Crippen LogP contribution in [0.5, 0.6) is 0 Å². The predicted octanol–water partition coefficient (Wildman–Crippen LogP) is 3.19. The standard InChI is InChI=1S/C14H13ClFN3O/c15-11-2-1-3-12(16)13(11)18-8-9-4-6-10(7-5-9)14(17)19-20/h1-7,18,20H,8H2,(H2,17,19). The number of para-hydroxylation sites is 1. The minimum atomic E-state index is -0.397.